The molecule has 0 aromatic carbocycles. The molecule has 1 unspecified atom stereocenters. The molecule has 0 rings (SSSR count). The molecule has 0 aromatic rings. The van der Waals surface area contributed by atoms with E-state index in [9.17, 15) is 4.79 Å². The van der Waals surface area contributed by atoms with Crippen LogP contribution in [0.3, 0.4) is 0 Å². The second-order valence-corrected chi connectivity index (χ2v) is 9.60. The van der Waals surface area contributed by atoms with Gasteiger partial charge in [-0.3, -0.25) is 4.79 Å². The summed E-state index contributed by atoms with van der Waals surface area (Å²) < 4.78 is 16.8. The second-order valence-electron chi connectivity index (χ2n) is 6.60. The molecular formula is C20H38N2O4S2. The third kappa shape index (κ3) is 18.9. The van der Waals surface area contributed by atoms with Gasteiger partial charge in [0.05, 0.1) is 39.6 Å². The van der Waals surface area contributed by atoms with Crippen molar-refractivity contribution < 1.29 is 19.0 Å². The lowest BCUT2D eigenvalue weighted by atomic mass is 10.3. The molecule has 164 valence electrons. The summed E-state index contributed by atoms with van der Waals surface area (Å²) >= 11 is 0. The maximum absolute atomic E-state index is 11.4. The summed E-state index contributed by atoms with van der Waals surface area (Å²) in [5.74, 6) is 6.51. The van der Waals surface area contributed by atoms with Crippen LogP contribution in [-0.2, 0) is 19.0 Å². The third-order valence-electron chi connectivity index (χ3n) is 3.62. The average molecular weight is 435 g/mol. The lowest BCUT2D eigenvalue weighted by molar-refractivity contribution is -0.122. The van der Waals surface area contributed by atoms with Gasteiger partial charge in [0.2, 0.25) is 5.91 Å². The highest BCUT2D eigenvalue weighted by Crippen LogP contribution is 2.36. The standard InChI is InChI=1S/C20H38N2O4S2/c1-6-8-10-22-19(23)9-12-24-13-14-25-15-16-26-20(4,5)28-27-17-11-21-18(3)7-2/h18,21H,7,9-17H2,1-5H3,(H,22,23). The van der Waals surface area contributed by atoms with Crippen LogP contribution in [0.5, 0.6) is 0 Å². The normalized spacial score (nSPS) is 12.3. The summed E-state index contributed by atoms with van der Waals surface area (Å²) in [4.78, 5) is 11.2. The van der Waals surface area contributed by atoms with E-state index in [1.54, 1.807) is 17.7 Å². The molecule has 1 amide bonds. The van der Waals surface area contributed by atoms with E-state index in [1.807, 2.05) is 10.8 Å². The van der Waals surface area contributed by atoms with Crippen molar-refractivity contribution in [3.63, 3.8) is 0 Å². The van der Waals surface area contributed by atoms with Gasteiger partial charge in [0.1, 0.15) is 4.93 Å². The van der Waals surface area contributed by atoms with Crippen LogP contribution in [0.25, 0.3) is 0 Å². The van der Waals surface area contributed by atoms with Crippen LogP contribution >= 0.6 is 21.6 Å². The highest BCUT2D eigenvalue weighted by Gasteiger charge is 2.19. The maximum Gasteiger partial charge on any atom is 0.223 e. The monoisotopic (exact) mass is 434 g/mol. The molecule has 8 heteroatoms. The largest absolute Gasteiger partial charge is 0.379 e. The van der Waals surface area contributed by atoms with Crippen molar-refractivity contribution in [2.75, 3.05) is 51.9 Å². The summed E-state index contributed by atoms with van der Waals surface area (Å²) in [6, 6.07) is 0.578. The summed E-state index contributed by atoms with van der Waals surface area (Å²) in [5, 5.41) is 6.18. The fraction of sp³-hybridized carbons (Fsp3) is 0.850. The first-order valence-corrected chi connectivity index (χ1v) is 12.2. The molecule has 0 aliphatic heterocycles. The van der Waals surface area contributed by atoms with Crippen LogP contribution in [0.1, 0.15) is 47.5 Å². The van der Waals surface area contributed by atoms with Crippen LogP contribution in [0.4, 0.5) is 0 Å². The molecular weight excluding hydrogens is 396 g/mol. The van der Waals surface area contributed by atoms with E-state index in [1.165, 1.54) is 0 Å². The average Bonchev–Trinajstić information content (AvgIpc) is 2.66. The predicted molar refractivity (Wildman–Crippen MR) is 121 cm³/mol. The van der Waals surface area contributed by atoms with E-state index in [4.69, 9.17) is 14.2 Å². The number of carbonyl (C=O) groups excluding carboxylic acids is 1. The van der Waals surface area contributed by atoms with Crippen molar-refractivity contribution in [3.05, 3.63) is 0 Å². The van der Waals surface area contributed by atoms with Crippen LogP contribution < -0.4 is 10.6 Å². The SMILES string of the molecule is CC#CCNC(=O)CCOCCOCCOC(C)(C)SSCCNC(C)CC. The highest BCUT2D eigenvalue weighted by molar-refractivity contribution is 8.77. The number of carbonyl (C=O) groups is 1. The molecule has 6 nitrogen and oxygen atoms in total. The smallest absolute Gasteiger partial charge is 0.223 e. The van der Waals surface area contributed by atoms with E-state index >= 15 is 0 Å². The Morgan fingerprint density at radius 1 is 1.14 bits per heavy atom. The molecule has 0 aliphatic rings. The molecule has 28 heavy (non-hydrogen) atoms. The quantitative estimate of drug-likeness (QED) is 0.149. The topological polar surface area (TPSA) is 68.8 Å². The number of nitrogens with one attached hydrogen (secondary N) is 2. The molecule has 0 fully saturated rings. The van der Waals surface area contributed by atoms with Gasteiger partial charge in [0, 0.05) is 24.8 Å². The molecule has 0 saturated carbocycles. The van der Waals surface area contributed by atoms with Gasteiger partial charge in [-0.1, -0.05) is 34.4 Å². The number of ether oxygens (including phenoxy) is 3. The lowest BCUT2D eigenvalue weighted by Gasteiger charge is -2.24. The zero-order chi connectivity index (χ0) is 21.1. The Bertz CT molecular complexity index is 453. The fourth-order valence-corrected chi connectivity index (χ4v) is 4.05. The van der Waals surface area contributed by atoms with Crippen molar-refractivity contribution >= 4 is 27.5 Å². The van der Waals surface area contributed by atoms with Crippen molar-refractivity contribution in [1.29, 1.82) is 0 Å². The van der Waals surface area contributed by atoms with Gasteiger partial charge in [-0.05, 0) is 34.1 Å². The Balaban J connectivity index is 3.46. The van der Waals surface area contributed by atoms with Gasteiger partial charge in [-0.25, -0.2) is 0 Å². The van der Waals surface area contributed by atoms with Crippen LogP contribution in [0, 0.1) is 11.8 Å². The number of hydrogen-bond acceptors (Lipinski definition) is 7. The summed E-state index contributed by atoms with van der Waals surface area (Å²) in [7, 11) is 3.58. The maximum atomic E-state index is 11.4. The molecule has 1 atom stereocenters. The number of hydrogen-bond donors (Lipinski definition) is 2. The molecule has 2 N–H and O–H groups in total. The zero-order valence-corrected chi connectivity index (χ0v) is 19.7. The molecule has 0 radical (unpaired) electrons. The lowest BCUT2D eigenvalue weighted by Crippen LogP contribution is -2.27. The van der Waals surface area contributed by atoms with Gasteiger partial charge in [-0.15, -0.1) is 5.92 Å². The third-order valence-corrected chi connectivity index (χ3v) is 6.69. The minimum atomic E-state index is -0.240. The van der Waals surface area contributed by atoms with Gasteiger partial charge < -0.3 is 24.8 Å². The molecule has 0 heterocycles. The first kappa shape index (κ1) is 27.6. The second kappa shape index (κ2) is 18.6. The van der Waals surface area contributed by atoms with E-state index in [0.29, 0.717) is 52.0 Å². The Hall–Kier alpha value is -0.430. The first-order chi connectivity index (χ1) is 13.4. The predicted octanol–water partition coefficient (Wildman–Crippen LogP) is 3.07. The van der Waals surface area contributed by atoms with Gasteiger partial charge in [-0.2, -0.15) is 0 Å². The van der Waals surface area contributed by atoms with Gasteiger partial charge >= 0.3 is 0 Å². The Labute approximate surface area is 179 Å². The molecule has 0 bridgehead atoms. The zero-order valence-electron chi connectivity index (χ0n) is 18.1. The van der Waals surface area contributed by atoms with E-state index in [-0.39, 0.29) is 10.8 Å². The van der Waals surface area contributed by atoms with E-state index < -0.39 is 0 Å². The van der Waals surface area contributed by atoms with Gasteiger partial charge in [0.25, 0.3) is 0 Å². The Kier molecular flexibility index (Phi) is 18.3. The fourth-order valence-electron chi connectivity index (χ4n) is 1.85. The van der Waals surface area contributed by atoms with Crippen molar-refractivity contribution in [2.24, 2.45) is 0 Å². The van der Waals surface area contributed by atoms with E-state index in [0.717, 1.165) is 18.7 Å². The van der Waals surface area contributed by atoms with Crippen LogP contribution in [-0.4, -0.2) is 68.8 Å². The minimum Gasteiger partial charge on any atom is -0.379 e. The molecule has 0 spiro atoms. The molecule has 0 saturated heterocycles. The van der Waals surface area contributed by atoms with Crippen LogP contribution in [0.15, 0.2) is 0 Å². The molecule has 0 aromatic heterocycles. The molecule has 0 aliphatic carbocycles. The van der Waals surface area contributed by atoms with Crippen LogP contribution in [0.2, 0.25) is 0 Å². The van der Waals surface area contributed by atoms with Crippen molar-refractivity contribution in [3.8, 4) is 11.8 Å². The summed E-state index contributed by atoms with van der Waals surface area (Å²) in [5.41, 5.74) is 0. The van der Waals surface area contributed by atoms with E-state index in [2.05, 4.69) is 50.2 Å². The summed E-state index contributed by atoms with van der Waals surface area (Å²) in [6.07, 6.45) is 1.49. The Morgan fingerprint density at radius 2 is 1.82 bits per heavy atom. The highest BCUT2D eigenvalue weighted by atomic mass is 33.1. The van der Waals surface area contributed by atoms with Gasteiger partial charge in [0.15, 0.2) is 0 Å². The minimum absolute atomic E-state index is 0.0506. The first-order valence-electron chi connectivity index (χ1n) is 9.91. The number of rotatable bonds is 18. The summed E-state index contributed by atoms with van der Waals surface area (Å²) in [6.45, 7) is 14.1. The van der Waals surface area contributed by atoms with Crippen molar-refractivity contribution in [2.45, 2.75) is 58.4 Å². The Morgan fingerprint density at radius 3 is 2.50 bits per heavy atom. The number of amides is 1. The van der Waals surface area contributed by atoms with Crippen molar-refractivity contribution in [1.82, 2.24) is 10.6 Å².